The van der Waals surface area contributed by atoms with Gasteiger partial charge in [0.1, 0.15) is 22.3 Å². The third-order valence-electron chi connectivity index (χ3n) is 7.40. The van der Waals surface area contributed by atoms with Gasteiger partial charge in [0.2, 0.25) is 0 Å². The number of furan rings is 2. The zero-order valence-corrected chi connectivity index (χ0v) is 22.4. The van der Waals surface area contributed by atoms with E-state index in [1.165, 1.54) is 0 Å². The zero-order valence-electron chi connectivity index (χ0n) is 22.4. The van der Waals surface area contributed by atoms with E-state index < -0.39 is 0 Å². The Morgan fingerprint density at radius 1 is 0.405 bits per heavy atom. The van der Waals surface area contributed by atoms with Crippen molar-refractivity contribution >= 4 is 43.9 Å². The number of hydrogen-bond acceptors (Lipinski definition) is 3. The number of benzene rings is 5. The van der Waals surface area contributed by atoms with E-state index in [1.54, 1.807) is 0 Å². The summed E-state index contributed by atoms with van der Waals surface area (Å²) in [5.74, 6) is 13.0. The molecule has 42 heavy (non-hydrogen) atoms. The molecule has 0 radical (unpaired) electrons. The van der Waals surface area contributed by atoms with Crippen LogP contribution in [0.2, 0.25) is 0 Å². The fourth-order valence-electron chi connectivity index (χ4n) is 5.26. The van der Waals surface area contributed by atoms with Crippen molar-refractivity contribution in [2.75, 3.05) is 0 Å². The molecule has 3 heteroatoms. The number of aromatic nitrogens is 1. The van der Waals surface area contributed by atoms with Crippen LogP contribution in [0.3, 0.4) is 0 Å². The summed E-state index contributed by atoms with van der Waals surface area (Å²) in [5, 5.41) is 4.45. The largest absolute Gasteiger partial charge is 0.456 e. The molecule has 0 saturated heterocycles. The Morgan fingerprint density at radius 2 is 0.881 bits per heavy atom. The molecule has 194 valence electrons. The van der Waals surface area contributed by atoms with Crippen LogP contribution in [0, 0.1) is 23.7 Å². The first-order valence-corrected chi connectivity index (χ1v) is 13.7. The van der Waals surface area contributed by atoms with Crippen LogP contribution in [-0.2, 0) is 0 Å². The summed E-state index contributed by atoms with van der Waals surface area (Å²) in [4.78, 5) is 4.64. The second-order valence-corrected chi connectivity index (χ2v) is 10.1. The maximum Gasteiger partial charge on any atom is 0.136 e. The van der Waals surface area contributed by atoms with Gasteiger partial charge in [-0.15, -0.1) is 0 Å². The van der Waals surface area contributed by atoms with Gasteiger partial charge in [0, 0.05) is 55.6 Å². The number of para-hydroxylation sites is 2. The summed E-state index contributed by atoms with van der Waals surface area (Å²) in [6, 6.07) is 40.5. The van der Waals surface area contributed by atoms with Crippen molar-refractivity contribution < 1.29 is 8.83 Å². The fourth-order valence-corrected chi connectivity index (χ4v) is 5.26. The van der Waals surface area contributed by atoms with Gasteiger partial charge in [-0.2, -0.15) is 0 Å². The van der Waals surface area contributed by atoms with E-state index in [2.05, 4.69) is 52.9 Å². The Balaban J connectivity index is 0.981. The Morgan fingerprint density at radius 3 is 1.45 bits per heavy atom. The molecule has 0 aliphatic heterocycles. The molecule has 0 N–H and O–H groups in total. The standard InChI is InChI=1S/C39H21NO2/c1-3-7-36-31(5-1)33-20-15-27(23-38(33)41-36)10-9-26-13-18-30(19-14-26)35-22-17-29(25-40-35)12-11-28-16-21-34-32-6-2-4-8-37(32)42-39(34)24-28/h1-8,13-25H. The van der Waals surface area contributed by atoms with Gasteiger partial charge in [-0.25, -0.2) is 0 Å². The second kappa shape index (κ2) is 9.86. The quantitative estimate of drug-likeness (QED) is 0.197. The maximum absolute atomic E-state index is 5.99. The van der Waals surface area contributed by atoms with Crippen molar-refractivity contribution in [3.05, 3.63) is 150 Å². The highest BCUT2D eigenvalue weighted by Gasteiger charge is 2.07. The van der Waals surface area contributed by atoms with Crippen LogP contribution in [0.5, 0.6) is 0 Å². The first-order chi connectivity index (χ1) is 20.8. The summed E-state index contributed by atoms with van der Waals surface area (Å²) in [7, 11) is 0. The van der Waals surface area contributed by atoms with E-state index in [4.69, 9.17) is 8.83 Å². The molecule has 0 atom stereocenters. The number of rotatable bonds is 1. The number of pyridine rings is 1. The van der Waals surface area contributed by atoms with Gasteiger partial charge >= 0.3 is 0 Å². The van der Waals surface area contributed by atoms with Gasteiger partial charge in [-0.3, -0.25) is 4.98 Å². The minimum atomic E-state index is 0.844. The van der Waals surface area contributed by atoms with Crippen LogP contribution in [0.15, 0.2) is 136 Å². The Labute approximate surface area is 242 Å². The first kappa shape index (κ1) is 23.8. The average molecular weight is 536 g/mol. The van der Waals surface area contributed by atoms with E-state index in [9.17, 15) is 0 Å². The van der Waals surface area contributed by atoms with Crippen molar-refractivity contribution in [1.29, 1.82) is 0 Å². The van der Waals surface area contributed by atoms with Crippen LogP contribution in [0.25, 0.3) is 55.1 Å². The van der Waals surface area contributed by atoms with Gasteiger partial charge in [-0.1, -0.05) is 72.2 Å². The molecule has 3 aromatic heterocycles. The molecule has 8 rings (SSSR count). The summed E-state index contributed by atoms with van der Waals surface area (Å²) >= 11 is 0. The molecular formula is C39H21NO2. The molecule has 0 saturated carbocycles. The molecule has 8 aromatic rings. The molecule has 0 aliphatic carbocycles. The van der Waals surface area contributed by atoms with Crippen molar-refractivity contribution in [2.24, 2.45) is 0 Å². The average Bonchev–Trinajstić information content (AvgIpc) is 3.61. The molecule has 0 fully saturated rings. The lowest BCUT2D eigenvalue weighted by atomic mass is 10.1. The van der Waals surface area contributed by atoms with E-state index in [0.717, 1.165) is 77.4 Å². The number of hydrogen-bond donors (Lipinski definition) is 0. The van der Waals surface area contributed by atoms with Gasteiger partial charge in [-0.05, 0) is 72.8 Å². The summed E-state index contributed by atoms with van der Waals surface area (Å²) in [6.45, 7) is 0. The summed E-state index contributed by atoms with van der Waals surface area (Å²) in [6.07, 6.45) is 1.81. The molecule has 3 nitrogen and oxygen atoms in total. The Kier molecular flexibility index (Phi) is 5.59. The predicted molar refractivity (Wildman–Crippen MR) is 169 cm³/mol. The lowest BCUT2D eigenvalue weighted by Crippen LogP contribution is -1.85. The molecule has 0 amide bonds. The molecule has 3 heterocycles. The highest BCUT2D eigenvalue weighted by molar-refractivity contribution is 6.06. The third kappa shape index (κ3) is 4.37. The lowest BCUT2D eigenvalue weighted by molar-refractivity contribution is 0.668. The molecular weight excluding hydrogens is 514 g/mol. The predicted octanol–water partition coefficient (Wildman–Crippen LogP) is 9.35. The minimum Gasteiger partial charge on any atom is -0.456 e. The van der Waals surface area contributed by atoms with E-state index >= 15 is 0 Å². The van der Waals surface area contributed by atoms with Crippen molar-refractivity contribution in [1.82, 2.24) is 4.98 Å². The van der Waals surface area contributed by atoms with Gasteiger partial charge < -0.3 is 8.83 Å². The second-order valence-electron chi connectivity index (χ2n) is 10.1. The number of nitrogens with zero attached hydrogens (tertiary/aromatic N) is 1. The Bertz CT molecular complexity index is 2230. The van der Waals surface area contributed by atoms with E-state index in [-0.39, 0.29) is 0 Å². The van der Waals surface area contributed by atoms with Gasteiger partial charge in [0.15, 0.2) is 0 Å². The summed E-state index contributed by atoms with van der Waals surface area (Å²) in [5.41, 5.74) is 9.00. The fraction of sp³-hybridized carbons (Fsp3) is 0. The van der Waals surface area contributed by atoms with Crippen LogP contribution >= 0.6 is 0 Å². The topological polar surface area (TPSA) is 39.2 Å². The van der Waals surface area contributed by atoms with Crippen LogP contribution < -0.4 is 0 Å². The van der Waals surface area contributed by atoms with Crippen molar-refractivity contribution in [2.45, 2.75) is 0 Å². The van der Waals surface area contributed by atoms with E-state index in [0.29, 0.717) is 0 Å². The van der Waals surface area contributed by atoms with Crippen LogP contribution in [0.4, 0.5) is 0 Å². The van der Waals surface area contributed by atoms with E-state index in [1.807, 2.05) is 103 Å². The zero-order chi connectivity index (χ0) is 27.9. The van der Waals surface area contributed by atoms with Crippen LogP contribution in [-0.4, -0.2) is 4.98 Å². The third-order valence-corrected chi connectivity index (χ3v) is 7.40. The molecule has 0 aliphatic rings. The minimum absolute atomic E-state index is 0.844. The van der Waals surface area contributed by atoms with Crippen molar-refractivity contribution in [3.63, 3.8) is 0 Å². The maximum atomic E-state index is 5.99. The first-order valence-electron chi connectivity index (χ1n) is 13.7. The smallest absolute Gasteiger partial charge is 0.136 e. The lowest BCUT2D eigenvalue weighted by Gasteiger charge is -2.01. The van der Waals surface area contributed by atoms with Crippen LogP contribution in [0.1, 0.15) is 22.3 Å². The molecule has 5 aromatic carbocycles. The SMILES string of the molecule is C(#Cc1ccc2c(c1)oc1ccccc12)c1ccc(-c2ccc(C#Cc3ccc4c(c3)oc3ccccc34)cn2)cc1. The number of fused-ring (bicyclic) bond motifs is 6. The summed E-state index contributed by atoms with van der Waals surface area (Å²) < 4.78 is 12.0. The highest BCUT2D eigenvalue weighted by atomic mass is 16.3. The molecule has 0 spiro atoms. The molecule has 0 bridgehead atoms. The normalized spacial score (nSPS) is 11.0. The van der Waals surface area contributed by atoms with Crippen molar-refractivity contribution in [3.8, 4) is 34.9 Å². The Hall–Kier alpha value is -6.03. The highest BCUT2D eigenvalue weighted by Crippen LogP contribution is 2.30. The molecule has 0 unspecified atom stereocenters. The van der Waals surface area contributed by atoms with Gasteiger partial charge in [0.25, 0.3) is 0 Å². The van der Waals surface area contributed by atoms with Gasteiger partial charge in [0.05, 0.1) is 5.69 Å². The monoisotopic (exact) mass is 535 g/mol.